The zero-order valence-corrected chi connectivity index (χ0v) is 27.0. The molecule has 0 saturated carbocycles. The lowest BCUT2D eigenvalue weighted by Gasteiger charge is -2.33. The number of halogens is 1. The van der Waals surface area contributed by atoms with E-state index in [9.17, 15) is 18.0 Å². The van der Waals surface area contributed by atoms with Gasteiger partial charge in [-0.1, -0.05) is 77.5 Å². The van der Waals surface area contributed by atoms with Crippen LogP contribution in [-0.4, -0.2) is 57.1 Å². The Kier molecular flexibility index (Phi) is 12.4. The van der Waals surface area contributed by atoms with Crippen LogP contribution in [0.25, 0.3) is 0 Å². The van der Waals surface area contributed by atoms with Crippen LogP contribution in [0.2, 0.25) is 0 Å². The van der Waals surface area contributed by atoms with Crippen molar-refractivity contribution in [3.05, 3.63) is 94.5 Å². The summed E-state index contributed by atoms with van der Waals surface area (Å²) in [6.45, 7) is 4.26. The lowest BCUT2D eigenvalue weighted by atomic mass is 10.0. The van der Waals surface area contributed by atoms with Crippen molar-refractivity contribution >= 4 is 43.5 Å². The molecule has 0 radical (unpaired) electrons. The van der Waals surface area contributed by atoms with E-state index in [4.69, 9.17) is 4.74 Å². The molecule has 2 atom stereocenters. The molecule has 42 heavy (non-hydrogen) atoms. The molecular formula is C32H40BrN3O5S. The molecule has 3 aromatic carbocycles. The number of methoxy groups -OCH3 is 1. The van der Waals surface area contributed by atoms with Gasteiger partial charge in [0, 0.05) is 36.4 Å². The van der Waals surface area contributed by atoms with Crippen LogP contribution >= 0.6 is 15.9 Å². The first-order chi connectivity index (χ1) is 20.0. The van der Waals surface area contributed by atoms with Crippen molar-refractivity contribution < 1.29 is 22.7 Å². The summed E-state index contributed by atoms with van der Waals surface area (Å²) in [5.74, 6) is -0.0205. The minimum absolute atomic E-state index is 0.0513. The Labute approximate surface area is 258 Å². The second-order valence-corrected chi connectivity index (χ2v) is 13.1. The first-order valence-corrected chi connectivity index (χ1v) is 16.7. The van der Waals surface area contributed by atoms with Crippen molar-refractivity contribution in [3.63, 3.8) is 0 Å². The summed E-state index contributed by atoms with van der Waals surface area (Å²) >= 11 is 3.46. The Bertz CT molecular complexity index is 1420. The molecule has 0 saturated heterocycles. The van der Waals surface area contributed by atoms with Crippen LogP contribution in [0.5, 0.6) is 5.75 Å². The van der Waals surface area contributed by atoms with E-state index in [1.807, 2.05) is 68.4 Å². The van der Waals surface area contributed by atoms with Crippen molar-refractivity contribution in [2.45, 2.75) is 58.2 Å². The molecule has 8 nitrogen and oxygen atoms in total. The highest BCUT2D eigenvalue weighted by Gasteiger charge is 2.31. The van der Waals surface area contributed by atoms with Crippen LogP contribution in [0.1, 0.15) is 44.2 Å². The molecule has 0 aliphatic heterocycles. The Morgan fingerprint density at radius 1 is 0.952 bits per heavy atom. The molecule has 3 aromatic rings. The van der Waals surface area contributed by atoms with Gasteiger partial charge in [-0.25, -0.2) is 8.42 Å². The van der Waals surface area contributed by atoms with Gasteiger partial charge in [0.15, 0.2) is 0 Å². The lowest BCUT2D eigenvalue weighted by Crippen LogP contribution is -2.52. The van der Waals surface area contributed by atoms with E-state index in [1.54, 1.807) is 29.2 Å². The minimum atomic E-state index is -3.65. The number of ether oxygens (including phenoxy) is 1. The Morgan fingerprint density at radius 3 is 2.21 bits per heavy atom. The van der Waals surface area contributed by atoms with Crippen molar-refractivity contribution in [2.75, 3.05) is 24.2 Å². The van der Waals surface area contributed by atoms with Gasteiger partial charge in [0.05, 0.1) is 19.1 Å². The fraction of sp³-hybridized carbons (Fsp3) is 0.375. The van der Waals surface area contributed by atoms with Gasteiger partial charge in [-0.05, 0) is 55.2 Å². The van der Waals surface area contributed by atoms with Crippen LogP contribution in [0.15, 0.2) is 83.3 Å². The largest absolute Gasteiger partial charge is 0.495 e. The quantitative estimate of drug-likeness (QED) is 0.231. The molecule has 10 heteroatoms. The molecule has 2 amide bonds. The van der Waals surface area contributed by atoms with Gasteiger partial charge < -0.3 is 15.0 Å². The number of nitrogens with one attached hydrogen (secondary N) is 1. The van der Waals surface area contributed by atoms with Gasteiger partial charge >= 0.3 is 0 Å². The smallest absolute Gasteiger partial charge is 0.243 e. The van der Waals surface area contributed by atoms with Crippen LogP contribution in [0.3, 0.4) is 0 Å². The second-order valence-electron chi connectivity index (χ2n) is 10.3. The number of para-hydroxylation sites is 2. The number of anilines is 1. The van der Waals surface area contributed by atoms with E-state index in [1.165, 1.54) is 11.4 Å². The predicted molar refractivity (Wildman–Crippen MR) is 171 cm³/mol. The molecule has 226 valence electrons. The molecule has 0 bridgehead atoms. The highest BCUT2D eigenvalue weighted by molar-refractivity contribution is 9.10. The van der Waals surface area contributed by atoms with Gasteiger partial charge in [0.1, 0.15) is 11.8 Å². The summed E-state index contributed by atoms with van der Waals surface area (Å²) in [6.07, 6.45) is 2.55. The number of benzene rings is 3. The highest BCUT2D eigenvalue weighted by atomic mass is 79.9. The van der Waals surface area contributed by atoms with Gasteiger partial charge in [-0.2, -0.15) is 0 Å². The Morgan fingerprint density at radius 2 is 1.60 bits per heavy atom. The van der Waals surface area contributed by atoms with Crippen LogP contribution in [0, 0.1) is 0 Å². The van der Waals surface area contributed by atoms with Crippen LogP contribution < -0.4 is 14.4 Å². The van der Waals surface area contributed by atoms with E-state index in [-0.39, 0.29) is 43.8 Å². The highest BCUT2D eigenvalue weighted by Crippen LogP contribution is 2.30. The number of carbonyl (C=O) groups is 2. The first kappa shape index (κ1) is 33.1. The Hall–Kier alpha value is -3.37. The number of sulfonamides is 1. The maximum atomic E-state index is 13.9. The van der Waals surface area contributed by atoms with Gasteiger partial charge in [-0.15, -0.1) is 0 Å². The van der Waals surface area contributed by atoms with Gasteiger partial charge in [0.2, 0.25) is 21.8 Å². The molecule has 0 aliphatic carbocycles. The number of nitrogens with zero attached hydrogens (tertiary/aromatic N) is 2. The summed E-state index contributed by atoms with van der Waals surface area (Å²) in [4.78, 5) is 29.2. The number of hydrogen-bond acceptors (Lipinski definition) is 5. The molecular weight excluding hydrogens is 618 g/mol. The number of amides is 2. The van der Waals surface area contributed by atoms with Gasteiger partial charge in [-0.3, -0.25) is 13.9 Å². The van der Waals surface area contributed by atoms with Crippen molar-refractivity contribution in [3.8, 4) is 5.75 Å². The third kappa shape index (κ3) is 9.59. The summed E-state index contributed by atoms with van der Waals surface area (Å²) in [5, 5.41) is 3.07. The van der Waals surface area contributed by atoms with E-state index in [2.05, 4.69) is 21.2 Å². The maximum absolute atomic E-state index is 13.9. The fourth-order valence-corrected chi connectivity index (χ4v) is 5.83. The number of rotatable bonds is 15. The molecule has 1 N–H and O–H groups in total. The van der Waals surface area contributed by atoms with Crippen LogP contribution in [0.4, 0.5) is 5.69 Å². The van der Waals surface area contributed by atoms with E-state index >= 15 is 0 Å². The van der Waals surface area contributed by atoms with Crippen molar-refractivity contribution in [2.24, 2.45) is 0 Å². The number of hydrogen-bond donors (Lipinski definition) is 1. The van der Waals surface area contributed by atoms with E-state index in [0.29, 0.717) is 17.9 Å². The third-order valence-corrected chi connectivity index (χ3v) is 8.75. The first-order valence-electron chi connectivity index (χ1n) is 14.0. The van der Waals surface area contributed by atoms with Crippen molar-refractivity contribution in [1.29, 1.82) is 0 Å². The lowest BCUT2D eigenvalue weighted by molar-refractivity contribution is -0.141. The van der Waals surface area contributed by atoms with E-state index in [0.717, 1.165) is 28.3 Å². The molecule has 0 heterocycles. The Balaban J connectivity index is 1.90. The maximum Gasteiger partial charge on any atom is 0.243 e. The standard InChI is InChI=1S/C32H40BrN3O5S/c1-5-24(2)34-32(38)29(22-25-12-7-6-8-13-25)35(23-26-17-19-27(33)20-18-26)31(37)16-11-21-36(42(4,39)40)28-14-9-10-15-30(28)41-3/h6-10,12-15,17-20,24,29H,5,11,16,21-23H2,1-4H3,(H,34,38)/t24-,29+/m0/s1. The monoisotopic (exact) mass is 657 g/mol. The third-order valence-electron chi connectivity index (χ3n) is 7.04. The molecule has 0 fully saturated rings. The van der Waals surface area contributed by atoms with Crippen LogP contribution in [-0.2, 0) is 32.6 Å². The topological polar surface area (TPSA) is 96.0 Å². The zero-order valence-electron chi connectivity index (χ0n) is 24.6. The zero-order chi connectivity index (χ0) is 30.7. The average molecular weight is 659 g/mol. The molecule has 0 aliphatic rings. The fourth-order valence-electron chi connectivity index (χ4n) is 4.60. The molecule has 3 rings (SSSR count). The normalized spacial score (nSPS) is 12.7. The summed E-state index contributed by atoms with van der Waals surface area (Å²) in [5.41, 5.74) is 2.24. The van der Waals surface area contributed by atoms with E-state index < -0.39 is 16.1 Å². The molecule has 0 unspecified atom stereocenters. The molecule has 0 spiro atoms. The SMILES string of the molecule is CC[C@H](C)NC(=O)[C@@H](Cc1ccccc1)N(Cc1ccc(Br)cc1)C(=O)CCCN(c1ccccc1OC)S(C)(=O)=O. The molecule has 0 aromatic heterocycles. The minimum Gasteiger partial charge on any atom is -0.495 e. The summed E-state index contributed by atoms with van der Waals surface area (Å²) in [7, 11) is -2.16. The summed E-state index contributed by atoms with van der Waals surface area (Å²) in [6, 6.07) is 23.4. The number of carbonyl (C=O) groups excluding carboxylic acids is 2. The van der Waals surface area contributed by atoms with Gasteiger partial charge in [0.25, 0.3) is 0 Å². The van der Waals surface area contributed by atoms with Crippen molar-refractivity contribution in [1.82, 2.24) is 10.2 Å². The second kappa shape index (κ2) is 15.7. The predicted octanol–water partition coefficient (Wildman–Crippen LogP) is 5.56. The average Bonchev–Trinajstić information content (AvgIpc) is 2.97. The summed E-state index contributed by atoms with van der Waals surface area (Å²) < 4.78 is 33.0.